The molecular weight excluding hydrogens is 270 g/mol. The number of phenolic OH excluding ortho intramolecular Hbond substituents is 1. The first-order valence-corrected chi connectivity index (χ1v) is 6.70. The first kappa shape index (κ1) is 15.0. The summed E-state index contributed by atoms with van der Waals surface area (Å²) < 4.78 is 1.62. The van der Waals surface area contributed by atoms with Crippen molar-refractivity contribution in [1.29, 1.82) is 0 Å². The minimum atomic E-state index is -0.619. The number of nitrogens with one attached hydrogen (secondary N) is 1. The van der Waals surface area contributed by atoms with Crippen LogP contribution in [-0.4, -0.2) is 38.4 Å². The average Bonchev–Trinajstić information content (AvgIpc) is 2.87. The Labute approximate surface area is 122 Å². The second-order valence-corrected chi connectivity index (χ2v) is 4.85. The molecule has 0 radical (unpaired) electrons. The maximum absolute atomic E-state index is 11.9. The summed E-state index contributed by atoms with van der Waals surface area (Å²) in [4.78, 5) is 16.0. The zero-order chi connectivity index (χ0) is 15.2. The van der Waals surface area contributed by atoms with Crippen molar-refractivity contribution >= 4 is 5.91 Å². The van der Waals surface area contributed by atoms with E-state index in [0.29, 0.717) is 25.2 Å². The molecule has 0 saturated carbocycles. The Morgan fingerprint density at radius 2 is 2.14 bits per heavy atom. The van der Waals surface area contributed by atoms with Gasteiger partial charge in [-0.1, -0.05) is 12.1 Å². The maximum Gasteiger partial charge on any atom is 0.237 e. The van der Waals surface area contributed by atoms with Crippen LogP contribution >= 0.6 is 0 Å². The summed E-state index contributed by atoms with van der Waals surface area (Å²) in [5, 5.41) is 16.1. The molecule has 1 aromatic carbocycles. The topological polar surface area (TPSA) is 106 Å². The van der Waals surface area contributed by atoms with Gasteiger partial charge in [0.15, 0.2) is 5.82 Å². The number of aromatic hydroxyl groups is 1. The van der Waals surface area contributed by atoms with Gasteiger partial charge in [-0.3, -0.25) is 9.48 Å². The number of hydrogen-bond donors (Lipinski definition) is 3. The highest BCUT2D eigenvalue weighted by Crippen LogP contribution is 2.10. The lowest BCUT2D eigenvalue weighted by Gasteiger charge is -2.12. The summed E-state index contributed by atoms with van der Waals surface area (Å²) in [6.07, 6.45) is 2.61. The Kier molecular flexibility index (Phi) is 4.89. The molecule has 1 heterocycles. The van der Waals surface area contributed by atoms with E-state index in [1.165, 1.54) is 0 Å². The third-order valence-electron chi connectivity index (χ3n) is 3.02. The lowest BCUT2D eigenvalue weighted by atomic mass is 10.1. The standard InChI is InChI=1S/C14H19N5O2/c1-19-9-17-13(18-19)6-7-16-14(21)12(15)8-10-2-4-11(20)5-3-10/h2-5,9,12,20H,6-8,15H2,1H3,(H,16,21)/t12-/m0/s1. The quantitative estimate of drug-likeness (QED) is 0.680. The number of nitrogens with zero attached hydrogens (tertiary/aromatic N) is 3. The lowest BCUT2D eigenvalue weighted by Crippen LogP contribution is -2.42. The van der Waals surface area contributed by atoms with Crippen molar-refractivity contribution in [3.05, 3.63) is 42.0 Å². The number of rotatable bonds is 6. The van der Waals surface area contributed by atoms with Crippen LogP contribution in [-0.2, 0) is 24.7 Å². The summed E-state index contributed by atoms with van der Waals surface area (Å²) >= 11 is 0. The monoisotopic (exact) mass is 289 g/mol. The molecule has 4 N–H and O–H groups in total. The molecule has 2 aromatic rings. The van der Waals surface area contributed by atoms with Gasteiger partial charge in [-0.25, -0.2) is 4.98 Å². The van der Waals surface area contributed by atoms with Gasteiger partial charge in [0.05, 0.1) is 6.04 Å². The van der Waals surface area contributed by atoms with E-state index >= 15 is 0 Å². The maximum atomic E-state index is 11.9. The predicted molar refractivity (Wildman–Crippen MR) is 77.5 cm³/mol. The van der Waals surface area contributed by atoms with Crippen LogP contribution in [0.1, 0.15) is 11.4 Å². The van der Waals surface area contributed by atoms with Crippen LogP contribution in [0.25, 0.3) is 0 Å². The molecule has 0 aliphatic heterocycles. The number of amides is 1. The predicted octanol–water partition coefficient (Wildman–Crippen LogP) is -0.251. The number of aromatic nitrogens is 3. The zero-order valence-electron chi connectivity index (χ0n) is 11.9. The second kappa shape index (κ2) is 6.85. The Balaban J connectivity index is 1.75. The molecule has 0 fully saturated rings. The van der Waals surface area contributed by atoms with Gasteiger partial charge in [-0.05, 0) is 24.1 Å². The molecule has 0 saturated heterocycles. The van der Waals surface area contributed by atoms with E-state index in [-0.39, 0.29) is 11.7 Å². The van der Waals surface area contributed by atoms with Crippen LogP contribution in [0.4, 0.5) is 0 Å². The average molecular weight is 289 g/mol. The molecule has 1 amide bonds. The first-order chi connectivity index (χ1) is 10.0. The molecule has 1 aromatic heterocycles. The normalized spacial score (nSPS) is 12.1. The Bertz CT molecular complexity index is 594. The number of carbonyl (C=O) groups excluding carboxylic acids is 1. The summed E-state index contributed by atoms with van der Waals surface area (Å²) in [6.45, 7) is 0.451. The molecule has 7 nitrogen and oxygen atoms in total. The molecule has 0 aliphatic rings. The minimum absolute atomic E-state index is 0.194. The van der Waals surface area contributed by atoms with E-state index in [1.807, 2.05) is 0 Å². The zero-order valence-corrected chi connectivity index (χ0v) is 11.9. The van der Waals surface area contributed by atoms with Gasteiger partial charge < -0.3 is 16.2 Å². The summed E-state index contributed by atoms with van der Waals surface area (Å²) in [6, 6.07) is 6.03. The minimum Gasteiger partial charge on any atom is -0.508 e. The van der Waals surface area contributed by atoms with Gasteiger partial charge in [0, 0.05) is 20.0 Å². The van der Waals surface area contributed by atoms with E-state index in [9.17, 15) is 9.90 Å². The number of carbonyl (C=O) groups is 1. The molecular formula is C14H19N5O2. The molecule has 0 unspecified atom stereocenters. The lowest BCUT2D eigenvalue weighted by molar-refractivity contribution is -0.122. The first-order valence-electron chi connectivity index (χ1n) is 6.70. The molecule has 0 spiro atoms. The van der Waals surface area contributed by atoms with Gasteiger partial charge in [-0.15, -0.1) is 0 Å². The fourth-order valence-electron chi connectivity index (χ4n) is 1.91. The highest BCUT2D eigenvalue weighted by molar-refractivity contribution is 5.81. The van der Waals surface area contributed by atoms with Gasteiger partial charge >= 0.3 is 0 Å². The number of phenols is 1. The third-order valence-corrected chi connectivity index (χ3v) is 3.02. The van der Waals surface area contributed by atoms with Crippen LogP contribution in [0.15, 0.2) is 30.6 Å². The van der Waals surface area contributed by atoms with Crippen molar-refractivity contribution in [2.45, 2.75) is 18.9 Å². The fraction of sp³-hybridized carbons (Fsp3) is 0.357. The van der Waals surface area contributed by atoms with Crippen molar-refractivity contribution in [2.75, 3.05) is 6.54 Å². The van der Waals surface area contributed by atoms with E-state index in [1.54, 1.807) is 42.3 Å². The van der Waals surface area contributed by atoms with Crippen molar-refractivity contribution in [3.8, 4) is 5.75 Å². The highest BCUT2D eigenvalue weighted by Gasteiger charge is 2.13. The van der Waals surface area contributed by atoms with Crippen LogP contribution in [0.3, 0.4) is 0 Å². The van der Waals surface area contributed by atoms with Gasteiger partial charge in [0.2, 0.25) is 5.91 Å². The van der Waals surface area contributed by atoms with Crippen LogP contribution in [0.2, 0.25) is 0 Å². The van der Waals surface area contributed by atoms with Crippen LogP contribution in [0, 0.1) is 0 Å². The van der Waals surface area contributed by atoms with E-state index in [4.69, 9.17) is 5.73 Å². The van der Waals surface area contributed by atoms with E-state index < -0.39 is 6.04 Å². The summed E-state index contributed by atoms with van der Waals surface area (Å²) in [7, 11) is 1.79. The van der Waals surface area contributed by atoms with Crippen molar-refractivity contribution < 1.29 is 9.90 Å². The van der Waals surface area contributed by atoms with Crippen LogP contribution in [0.5, 0.6) is 5.75 Å². The van der Waals surface area contributed by atoms with Crippen molar-refractivity contribution in [2.24, 2.45) is 12.8 Å². The third kappa shape index (κ3) is 4.57. The number of benzene rings is 1. The van der Waals surface area contributed by atoms with E-state index in [2.05, 4.69) is 15.4 Å². The largest absolute Gasteiger partial charge is 0.508 e. The number of hydrogen-bond acceptors (Lipinski definition) is 5. The second-order valence-electron chi connectivity index (χ2n) is 4.85. The Hall–Kier alpha value is -2.41. The van der Waals surface area contributed by atoms with Gasteiger partial charge in [-0.2, -0.15) is 5.10 Å². The van der Waals surface area contributed by atoms with Gasteiger partial charge in [0.1, 0.15) is 12.1 Å². The molecule has 7 heteroatoms. The fourth-order valence-corrected chi connectivity index (χ4v) is 1.91. The Morgan fingerprint density at radius 3 is 2.76 bits per heavy atom. The Morgan fingerprint density at radius 1 is 1.43 bits per heavy atom. The van der Waals surface area contributed by atoms with Gasteiger partial charge in [0.25, 0.3) is 0 Å². The number of nitrogens with two attached hydrogens (primary N) is 1. The van der Waals surface area contributed by atoms with Crippen molar-refractivity contribution in [3.63, 3.8) is 0 Å². The molecule has 1 atom stereocenters. The van der Waals surface area contributed by atoms with E-state index in [0.717, 1.165) is 5.56 Å². The molecule has 21 heavy (non-hydrogen) atoms. The van der Waals surface area contributed by atoms with Crippen LogP contribution < -0.4 is 11.1 Å². The molecule has 0 aliphatic carbocycles. The number of aryl methyl sites for hydroxylation is 1. The highest BCUT2D eigenvalue weighted by atomic mass is 16.3. The van der Waals surface area contributed by atoms with Crippen molar-refractivity contribution in [1.82, 2.24) is 20.1 Å². The summed E-state index contributed by atoms with van der Waals surface area (Å²) in [5.41, 5.74) is 6.77. The SMILES string of the molecule is Cn1cnc(CCNC(=O)[C@@H](N)Cc2ccc(O)cc2)n1. The molecule has 112 valence electrons. The summed E-state index contributed by atoms with van der Waals surface area (Å²) in [5.74, 6) is 0.670. The molecule has 0 bridgehead atoms. The smallest absolute Gasteiger partial charge is 0.237 e. The molecule has 2 rings (SSSR count).